The van der Waals surface area contributed by atoms with E-state index in [-0.39, 0.29) is 12.2 Å². The number of benzene rings is 2. The minimum Gasteiger partial charge on any atom is -0.480 e. The normalized spacial score (nSPS) is 10.5. The van der Waals surface area contributed by atoms with Crippen molar-refractivity contribution in [2.75, 3.05) is 11.9 Å². The van der Waals surface area contributed by atoms with Gasteiger partial charge in [0.15, 0.2) is 0 Å². The average molecular weight is 409 g/mol. The molecule has 0 unspecified atom stereocenters. The van der Waals surface area contributed by atoms with E-state index in [1.54, 1.807) is 18.2 Å². The van der Waals surface area contributed by atoms with Gasteiger partial charge in [-0.3, -0.25) is 4.79 Å². The molecule has 0 saturated carbocycles. The monoisotopic (exact) mass is 408 g/mol. The van der Waals surface area contributed by atoms with E-state index in [1.165, 1.54) is 6.08 Å². The highest BCUT2D eigenvalue weighted by atomic mass is 79.9. The molecule has 0 fully saturated rings. The summed E-state index contributed by atoms with van der Waals surface area (Å²) in [5.41, 5.74) is 2.43. The number of terminal acetylenes is 1. The summed E-state index contributed by atoms with van der Waals surface area (Å²) in [5.74, 6) is 2.55. The summed E-state index contributed by atoms with van der Waals surface area (Å²) in [6.07, 6.45) is 7.49. The zero-order valence-electron chi connectivity index (χ0n) is 14.3. The third-order valence-electron chi connectivity index (χ3n) is 3.59. The van der Waals surface area contributed by atoms with Crippen LogP contribution < -0.4 is 10.1 Å². The Morgan fingerprint density at radius 1 is 1.35 bits per heavy atom. The van der Waals surface area contributed by atoms with Gasteiger partial charge in [0.05, 0.1) is 4.47 Å². The van der Waals surface area contributed by atoms with Gasteiger partial charge in [-0.1, -0.05) is 37.1 Å². The Morgan fingerprint density at radius 3 is 2.77 bits per heavy atom. The number of hydrogen-bond donors (Lipinski definition) is 1. The molecule has 5 heteroatoms. The second-order valence-electron chi connectivity index (χ2n) is 5.32. The number of carbonyl (C=O) groups excluding carboxylic acids is 1. The van der Waals surface area contributed by atoms with Gasteiger partial charge in [0, 0.05) is 5.69 Å². The fourth-order valence-corrected chi connectivity index (χ4v) is 2.81. The molecule has 0 spiro atoms. The minimum absolute atomic E-state index is 0.0140. The summed E-state index contributed by atoms with van der Waals surface area (Å²) in [6, 6.07) is 14.7. The van der Waals surface area contributed by atoms with Crippen molar-refractivity contribution >= 4 is 33.6 Å². The number of halogens is 1. The van der Waals surface area contributed by atoms with Gasteiger partial charge in [-0.2, -0.15) is 5.26 Å². The minimum atomic E-state index is -0.447. The average Bonchev–Trinajstić information content (AvgIpc) is 2.65. The maximum Gasteiger partial charge on any atom is 0.266 e. The van der Waals surface area contributed by atoms with E-state index in [0.29, 0.717) is 21.5 Å². The Bertz CT molecular complexity index is 920. The maximum atomic E-state index is 12.4. The van der Waals surface area contributed by atoms with Crippen LogP contribution in [0.5, 0.6) is 5.75 Å². The van der Waals surface area contributed by atoms with Crippen molar-refractivity contribution in [3.05, 3.63) is 63.6 Å². The van der Waals surface area contributed by atoms with E-state index in [9.17, 15) is 10.1 Å². The molecule has 26 heavy (non-hydrogen) atoms. The number of amides is 1. The van der Waals surface area contributed by atoms with Gasteiger partial charge in [0.25, 0.3) is 5.91 Å². The van der Waals surface area contributed by atoms with Crippen molar-refractivity contribution in [3.8, 4) is 24.2 Å². The van der Waals surface area contributed by atoms with Crippen LogP contribution in [0.3, 0.4) is 0 Å². The molecule has 2 aromatic rings. The quantitative estimate of drug-likeness (QED) is 0.432. The summed E-state index contributed by atoms with van der Waals surface area (Å²) in [5, 5.41) is 12.2. The topological polar surface area (TPSA) is 62.1 Å². The van der Waals surface area contributed by atoms with Crippen molar-refractivity contribution in [1.82, 2.24) is 0 Å². The molecule has 2 rings (SSSR count). The number of nitrogens with one attached hydrogen (secondary N) is 1. The van der Waals surface area contributed by atoms with Crippen molar-refractivity contribution in [1.29, 1.82) is 5.26 Å². The Morgan fingerprint density at radius 2 is 2.12 bits per heavy atom. The van der Waals surface area contributed by atoms with Crippen LogP contribution in [0, 0.1) is 23.7 Å². The van der Waals surface area contributed by atoms with E-state index >= 15 is 0 Å². The van der Waals surface area contributed by atoms with Crippen LogP contribution in [-0.4, -0.2) is 12.5 Å². The molecular weight excluding hydrogens is 392 g/mol. The third kappa shape index (κ3) is 4.99. The fourth-order valence-electron chi connectivity index (χ4n) is 2.30. The highest BCUT2D eigenvalue weighted by molar-refractivity contribution is 9.10. The van der Waals surface area contributed by atoms with Crippen LogP contribution in [0.1, 0.15) is 18.1 Å². The van der Waals surface area contributed by atoms with Crippen LogP contribution in [0.15, 0.2) is 52.5 Å². The molecule has 0 bridgehead atoms. The van der Waals surface area contributed by atoms with Crippen molar-refractivity contribution < 1.29 is 9.53 Å². The lowest BCUT2D eigenvalue weighted by Gasteiger charge is -2.09. The Hall–Kier alpha value is -3.02. The molecule has 0 heterocycles. The number of hydrogen-bond acceptors (Lipinski definition) is 3. The van der Waals surface area contributed by atoms with Crippen LogP contribution >= 0.6 is 15.9 Å². The standard InChI is InChI=1S/C21H17BrN2O2/c1-3-11-26-20-10-9-15(13-18(20)22)12-17(14-23)21(25)24-19-8-6-5-7-16(19)4-2/h1,5-10,12-13H,4,11H2,2H3,(H,24,25)/b17-12+. The molecule has 0 aliphatic carbocycles. The highest BCUT2D eigenvalue weighted by Crippen LogP contribution is 2.27. The highest BCUT2D eigenvalue weighted by Gasteiger charge is 2.12. The number of nitrogens with zero attached hydrogens (tertiary/aromatic N) is 1. The summed E-state index contributed by atoms with van der Waals surface area (Å²) in [7, 11) is 0. The number of para-hydroxylation sites is 1. The molecule has 0 saturated heterocycles. The molecule has 0 aliphatic heterocycles. The van der Waals surface area contributed by atoms with E-state index in [1.807, 2.05) is 37.3 Å². The van der Waals surface area contributed by atoms with E-state index < -0.39 is 5.91 Å². The molecule has 0 aromatic heterocycles. The zero-order chi connectivity index (χ0) is 18.9. The molecule has 1 N–H and O–H groups in total. The van der Waals surface area contributed by atoms with E-state index in [4.69, 9.17) is 11.2 Å². The van der Waals surface area contributed by atoms with Gasteiger partial charge in [-0.15, -0.1) is 6.42 Å². The molecule has 1 amide bonds. The second kappa shape index (κ2) is 9.46. The summed E-state index contributed by atoms with van der Waals surface area (Å²) < 4.78 is 6.07. The van der Waals surface area contributed by atoms with E-state index in [0.717, 1.165) is 12.0 Å². The Balaban J connectivity index is 2.22. The first-order valence-corrected chi connectivity index (χ1v) is 8.75. The zero-order valence-corrected chi connectivity index (χ0v) is 15.8. The van der Waals surface area contributed by atoms with Crippen molar-refractivity contribution in [2.45, 2.75) is 13.3 Å². The van der Waals surface area contributed by atoms with Crippen LogP contribution in [0.2, 0.25) is 0 Å². The number of carbonyl (C=O) groups is 1. The molecule has 0 atom stereocenters. The molecule has 0 radical (unpaired) electrons. The van der Waals surface area contributed by atoms with E-state index in [2.05, 4.69) is 27.2 Å². The SMILES string of the molecule is C#CCOc1ccc(/C=C(\C#N)C(=O)Nc2ccccc2CC)cc1Br. The van der Waals surface area contributed by atoms with Crippen LogP contribution in [0.25, 0.3) is 6.08 Å². The Kier molecular flexibility index (Phi) is 7.02. The van der Waals surface area contributed by atoms with Gasteiger partial charge in [0.1, 0.15) is 24.0 Å². The van der Waals surface area contributed by atoms with Gasteiger partial charge < -0.3 is 10.1 Å². The van der Waals surface area contributed by atoms with Crippen molar-refractivity contribution in [2.24, 2.45) is 0 Å². The van der Waals surface area contributed by atoms with Crippen LogP contribution in [0.4, 0.5) is 5.69 Å². The summed E-state index contributed by atoms with van der Waals surface area (Å²) in [6.45, 7) is 2.17. The first-order valence-electron chi connectivity index (χ1n) is 7.96. The molecular formula is C21H17BrN2O2. The first-order chi connectivity index (χ1) is 12.6. The fraction of sp³-hybridized carbons (Fsp3) is 0.143. The number of nitriles is 1. The smallest absolute Gasteiger partial charge is 0.266 e. The first kappa shape index (κ1) is 19.3. The number of rotatable bonds is 6. The lowest BCUT2D eigenvalue weighted by molar-refractivity contribution is -0.112. The molecule has 2 aromatic carbocycles. The van der Waals surface area contributed by atoms with Gasteiger partial charge >= 0.3 is 0 Å². The van der Waals surface area contributed by atoms with Gasteiger partial charge in [0.2, 0.25) is 0 Å². The second-order valence-corrected chi connectivity index (χ2v) is 6.17. The van der Waals surface area contributed by atoms with Crippen molar-refractivity contribution in [3.63, 3.8) is 0 Å². The lowest BCUT2D eigenvalue weighted by Crippen LogP contribution is -2.14. The predicted octanol–water partition coefficient (Wildman–Crippen LogP) is 4.57. The summed E-state index contributed by atoms with van der Waals surface area (Å²) >= 11 is 3.39. The van der Waals surface area contributed by atoms with Crippen LogP contribution in [-0.2, 0) is 11.2 Å². The largest absolute Gasteiger partial charge is 0.480 e. The molecule has 130 valence electrons. The Labute approximate surface area is 161 Å². The number of anilines is 1. The van der Waals surface area contributed by atoms with Gasteiger partial charge in [-0.25, -0.2) is 0 Å². The number of aryl methyl sites for hydroxylation is 1. The predicted molar refractivity (Wildman–Crippen MR) is 107 cm³/mol. The van der Waals surface area contributed by atoms with Gasteiger partial charge in [-0.05, 0) is 57.8 Å². The lowest BCUT2D eigenvalue weighted by atomic mass is 10.1. The number of ether oxygens (including phenoxy) is 1. The summed E-state index contributed by atoms with van der Waals surface area (Å²) in [4.78, 5) is 12.4. The molecule has 0 aliphatic rings. The molecule has 4 nitrogen and oxygen atoms in total. The third-order valence-corrected chi connectivity index (χ3v) is 4.21. The maximum absolute atomic E-state index is 12.4.